The highest BCUT2D eigenvalue weighted by Gasteiger charge is 2.42. The second kappa shape index (κ2) is 6.59. The van der Waals surface area contributed by atoms with Crippen molar-refractivity contribution < 1.29 is 19.4 Å². The molecular weight excluding hydrogens is 318 g/mol. The van der Waals surface area contributed by atoms with Gasteiger partial charge in [0, 0.05) is 11.6 Å². The molecule has 1 heterocycles. The summed E-state index contributed by atoms with van der Waals surface area (Å²) in [6.07, 6.45) is 0. The maximum Gasteiger partial charge on any atom is 0.313 e. The van der Waals surface area contributed by atoms with Gasteiger partial charge in [0.15, 0.2) is 0 Å². The molecule has 1 N–H and O–H groups in total. The summed E-state index contributed by atoms with van der Waals surface area (Å²) in [5, 5.41) is 9.73. The molecule has 1 amide bonds. The quantitative estimate of drug-likeness (QED) is 0.926. The molecule has 0 radical (unpaired) electrons. The predicted molar refractivity (Wildman–Crippen MR) is 93.9 cm³/mol. The number of carbonyl (C=O) groups is 2. The Hall–Kier alpha value is -2.82. The van der Waals surface area contributed by atoms with Crippen LogP contribution in [-0.2, 0) is 4.79 Å². The molecule has 3 unspecified atom stereocenters. The minimum Gasteiger partial charge on any atom is -0.497 e. The van der Waals surface area contributed by atoms with Crippen molar-refractivity contribution in [2.75, 3.05) is 7.11 Å². The average Bonchev–Trinajstić information content (AvgIpc) is 2.61. The van der Waals surface area contributed by atoms with Gasteiger partial charge in [0.2, 0.25) is 0 Å². The number of amides is 1. The molecule has 0 aliphatic carbocycles. The number of nitrogens with zero attached hydrogens (tertiary/aromatic N) is 1. The van der Waals surface area contributed by atoms with Crippen molar-refractivity contribution in [2.45, 2.75) is 31.8 Å². The molecule has 2 aromatic carbocycles. The zero-order valence-electron chi connectivity index (χ0n) is 14.5. The molecule has 0 aromatic heterocycles. The van der Waals surface area contributed by atoms with Gasteiger partial charge in [-0.3, -0.25) is 9.59 Å². The van der Waals surface area contributed by atoms with Gasteiger partial charge in [0.05, 0.1) is 13.2 Å². The van der Waals surface area contributed by atoms with E-state index in [-0.39, 0.29) is 11.9 Å². The molecule has 1 aliphatic heterocycles. The van der Waals surface area contributed by atoms with Crippen LogP contribution in [0.2, 0.25) is 0 Å². The third-order valence-electron chi connectivity index (χ3n) is 4.96. The largest absolute Gasteiger partial charge is 0.497 e. The summed E-state index contributed by atoms with van der Waals surface area (Å²) in [5.41, 5.74) is 1.99. The smallest absolute Gasteiger partial charge is 0.313 e. The fraction of sp³-hybridized carbons (Fsp3) is 0.300. The van der Waals surface area contributed by atoms with E-state index in [4.69, 9.17) is 4.74 Å². The van der Waals surface area contributed by atoms with Gasteiger partial charge in [-0.2, -0.15) is 0 Å². The van der Waals surface area contributed by atoms with E-state index in [1.807, 2.05) is 31.2 Å². The average molecular weight is 339 g/mol. The van der Waals surface area contributed by atoms with Crippen LogP contribution in [0.5, 0.6) is 5.75 Å². The molecule has 1 aliphatic rings. The van der Waals surface area contributed by atoms with Crippen LogP contribution in [0.4, 0.5) is 0 Å². The number of hydrogen-bond donors (Lipinski definition) is 1. The lowest BCUT2D eigenvalue weighted by Crippen LogP contribution is -2.49. The first-order valence-electron chi connectivity index (χ1n) is 8.24. The minimum atomic E-state index is -0.917. The van der Waals surface area contributed by atoms with Crippen LogP contribution in [0.25, 0.3) is 0 Å². The highest BCUT2D eigenvalue weighted by molar-refractivity contribution is 6.00. The Morgan fingerprint density at radius 2 is 1.80 bits per heavy atom. The van der Waals surface area contributed by atoms with E-state index in [2.05, 4.69) is 0 Å². The highest BCUT2D eigenvalue weighted by Crippen LogP contribution is 2.38. The van der Waals surface area contributed by atoms with Gasteiger partial charge in [-0.25, -0.2) is 0 Å². The number of hydrogen-bond acceptors (Lipinski definition) is 3. The van der Waals surface area contributed by atoms with Crippen LogP contribution < -0.4 is 4.74 Å². The maximum absolute atomic E-state index is 13.0. The van der Waals surface area contributed by atoms with E-state index in [1.54, 1.807) is 43.2 Å². The summed E-state index contributed by atoms with van der Waals surface area (Å²) in [7, 11) is 1.60. The van der Waals surface area contributed by atoms with E-state index >= 15 is 0 Å². The molecule has 0 fully saturated rings. The van der Waals surface area contributed by atoms with Gasteiger partial charge >= 0.3 is 5.97 Å². The second-order valence-electron chi connectivity index (χ2n) is 6.31. The number of carboxylic acids is 1. The van der Waals surface area contributed by atoms with Crippen molar-refractivity contribution >= 4 is 11.9 Å². The molecule has 3 rings (SSSR count). The Bertz CT molecular complexity index is 800. The molecule has 0 saturated heterocycles. The van der Waals surface area contributed by atoms with Crippen molar-refractivity contribution in [1.82, 2.24) is 4.90 Å². The monoisotopic (exact) mass is 339 g/mol. The molecule has 25 heavy (non-hydrogen) atoms. The normalized spacial score (nSPS) is 20.8. The lowest BCUT2D eigenvalue weighted by atomic mass is 9.82. The van der Waals surface area contributed by atoms with Crippen LogP contribution in [-0.4, -0.2) is 35.0 Å². The molecule has 2 aromatic rings. The molecule has 0 spiro atoms. The SMILES string of the molecule is COc1ccc(C(C)N2C(=O)c3ccccc3C(C(=O)O)C2C)cc1. The van der Waals surface area contributed by atoms with E-state index in [9.17, 15) is 14.7 Å². The minimum absolute atomic E-state index is 0.135. The summed E-state index contributed by atoms with van der Waals surface area (Å²) < 4.78 is 5.17. The van der Waals surface area contributed by atoms with Gasteiger partial charge < -0.3 is 14.7 Å². The van der Waals surface area contributed by atoms with Crippen molar-refractivity contribution in [3.05, 3.63) is 65.2 Å². The lowest BCUT2D eigenvalue weighted by Gasteiger charge is -2.42. The van der Waals surface area contributed by atoms with Crippen molar-refractivity contribution in [3.8, 4) is 5.75 Å². The molecule has 0 bridgehead atoms. The van der Waals surface area contributed by atoms with Crippen LogP contribution >= 0.6 is 0 Å². The van der Waals surface area contributed by atoms with Gasteiger partial charge in [0.1, 0.15) is 11.7 Å². The number of ether oxygens (including phenoxy) is 1. The molecular formula is C20H21NO4. The third kappa shape index (κ3) is 2.86. The number of carboxylic acid groups (broad SMARTS) is 1. The van der Waals surface area contributed by atoms with Crippen LogP contribution in [0.1, 0.15) is 47.3 Å². The Balaban J connectivity index is 2.03. The summed E-state index contributed by atoms with van der Waals surface area (Å²) in [5.74, 6) is -1.05. The number of rotatable bonds is 4. The summed E-state index contributed by atoms with van der Waals surface area (Å²) in [6.45, 7) is 3.72. The van der Waals surface area contributed by atoms with Crippen molar-refractivity contribution in [1.29, 1.82) is 0 Å². The highest BCUT2D eigenvalue weighted by atomic mass is 16.5. The first-order valence-corrected chi connectivity index (χ1v) is 8.24. The fourth-order valence-corrected chi connectivity index (χ4v) is 3.62. The van der Waals surface area contributed by atoms with E-state index < -0.39 is 17.9 Å². The van der Waals surface area contributed by atoms with Crippen LogP contribution in [0.15, 0.2) is 48.5 Å². The first kappa shape index (κ1) is 17.0. The standard InChI is InChI=1S/C20H21NO4/c1-12(14-8-10-15(25-3)11-9-14)21-13(2)18(20(23)24)16-6-4-5-7-17(16)19(21)22/h4-13,18H,1-3H3,(H,23,24). The Kier molecular flexibility index (Phi) is 4.49. The Morgan fingerprint density at radius 3 is 2.40 bits per heavy atom. The summed E-state index contributed by atoms with van der Waals surface area (Å²) in [6, 6.07) is 13.8. The molecule has 130 valence electrons. The number of fused-ring (bicyclic) bond motifs is 1. The Labute approximate surface area is 146 Å². The Morgan fingerprint density at radius 1 is 1.16 bits per heavy atom. The molecule has 5 heteroatoms. The van der Waals surface area contributed by atoms with Gasteiger partial charge in [-0.15, -0.1) is 0 Å². The zero-order chi connectivity index (χ0) is 18.1. The summed E-state index contributed by atoms with van der Waals surface area (Å²) >= 11 is 0. The van der Waals surface area contributed by atoms with Gasteiger partial charge in [-0.05, 0) is 43.2 Å². The van der Waals surface area contributed by atoms with Gasteiger partial charge in [0.25, 0.3) is 5.91 Å². The van der Waals surface area contributed by atoms with Crippen molar-refractivity contribution in [3.63, 3.8) is 0 Å². The molecule has 3 atom stereocenters. The first-order chi connectivity index (χ1) is 12.0. The van der Waals surface area contributed by atoms with Crippen LogP contribution in [0.3, 0.4) is 0 Å². The van der Waals surface area contributed by atoms with Crippen molar-refractivity contribution in [2.24, 2.45) is 0 Å². The number of methoxy groups -OCH3 is 1. The molecule has 5 nitrogen and oxygen atoms in total. The number of aliphatic carboxylic acids is 1. The van der Waals surface area contributed by atoms with Gasteiger partial charge in [-0.1, -0.05) is 30.3 Å². The van der Waals surface area contributed by atoms with E-state index in [0.29, 0.717) is 11.1 Å². The topological polar surface area (TPSA) is 66.8 Å². The lowest BCUT2D eigenvalue weighted by molar-refractivity contribution is -0.140. The maximum atomic E-state index is 13.0. The fourth-order valence-electron chi connectivity index (χ4n) is 3.62. The summed E-state index contributed by atoms with van der Waals surface area (Å²) in [4.78, 5) is 26.6. The predicted octanol–water partition coefficient (Wildman–Crippen LogP) is 3.47. The second-order valence-corrected chi connectivity index (χ2v) is 6.31. The van der Waals surface area contributed by atoms with Crippen LogP contribution in [0, 0.1) is 0 Å². The molecule has 0 saturated carbocycles. The zero-order valence-corrected chi connectivity index (χ0v) is 14.5. The third-order valence-corrected chi connectivity index (χ3v) is 4.96. The van der Waals surface area contributed by atoms with E-state index in [1.165, 1.54) is 0 Å². The van der Waals surface area contributed by atoms with E-state index in [0.717, 1.165) is 11.3 Å². The number of benzene rings is 2. The number of carbonyl (C=O) groups excluding carboxylic acids is 1.